The van der Waals surface area contributed by atoms with Crippen LogP contribution in [0.2, 0.25) is 0 Å². The van der Waals surface area contributed by atoms with Gasteiger partial charge in [0.15, 0.2) is 11.6 Å². The zero-order valence-corrected chi connectivity index (χ0v) is 19.9. The maximum atomic E-state index is 15.4. The lowest BCUT2D eigenvalue weighted by atomic mass is 9.79. The Labute approximate surface area is 199 Å². The van der Waals surface area contributed by atoms with Crippen molar-refractivity contribution >= 4 is 6.09 Å². The van der Waals surface area contributed by atoms with Gasteiger partial charge in [0.25, 0.3) is 0 Å². The van der Waals surface area contributed by atoms with E-state index in [1.807, 2.05) is 13.8 Å². The predicted octanol–water partition coefficient (Wildman–Crippen LogP) is 4.39. The Bertz CT molecular complexity index is 1110. The molecule has 0 spiro atoms. The molecule has 4 aliphatic rings. The van der Waals surface area contributed by atoms with Crippen molar-refractivity contribution in [3.8, 4) is 16.9 Å². The van der Waals surface area contributed by atoms with Crippen LogP contribution in [0.4, 0.5) is 13.6 Å². The molecule has 2 aromatic rings. The van der Waals surface area contributed by atoms with Crippen molar-refractivity contribution in [1.29, 1.82) is 0 Å². The van der Waals surface area contributed by atoms with Gasteiger partial charge in [-0.3, -0.25) is 0 Å². The second-order valence-corrected chi connectivity index (χ2v) is 10.6. The van der Waals surface area contributed by atoms with Crippen LogP contribution in [0.3, 0.4) is 0 Å². The van der Waals surface area contributed by atoms with Gasteiger partial charge < -0.3 is 24.4 Å². The molecule has 3 saturated heterocycles. The Balaban J connectivity index is 1.54. The number of benzene rings is 2. The molecule has 1 amide bonds. The first-order valence-corrected chi connectivity index (χ1v) is 12.2. The van der Waals surface area contributed by atoms with Crippen LogP contribution in [-0.2, 0) is 6.42 Å². The number of rotatable bonds is 5. The largest absolute Gasteiger partial charge is 0.530 e. The first kappa shape index (κ1) is 23.1. The minimum Gasteiger partial charge on any atom is -0.530 e. The molecule has 0 N–H and O–H groups in total. The average molecular weight is 470 g/mol. The second-order valence-electron chi connectivity index (χ2n) is 10.6. The number of amides is 1. The molecule has 2 aromatic carbocycles. The second kappa shape index (κ2) is 8.52. The number of carbonyl (C=O) groups excluding carboxylic acids is 1. The number of nitrogens with zero attached hydrogens (tertiary/aromatic N) is 2. The number of carboxylic acid groups (broad SMARTS) is 1. The summed E-state index contributed by atoms with van der Waals surface area (Å²) in [6.45, 7) is 8.89. The van der Waals surface area contributed by atoms with Crippen LogP contribution in [0, 0.1) is 23.0 Å². The van der Waals surface area contributed by atoms with Crippen LogP contribution in [0.25, 0.3) is 11.1 Å². The van der Waals surface area contributed by atoms with Gasteiger partial charge in [-0.25, -0.2) is 8.78 Å². The molecule has 1 aliphatic carbocycles. The average Bonchev–Trinajstić information content (AvgIpc) is 3.05. The number of piperidine rings is 3. The van der Waals surface area contributed by atoms with Gasteiger partial charge in [0.05, 0.1) is 12.6 Å². The van der Waals surface area contributed by atoms with E-state index in [-0.39, 0.29) is 11.8 Å². The molecule has 0 aromatic heterocycles. The third kappa shape index (κ3) is 3.84. The Morgan fingerprint density at radius 3 is 2.50 bits per heavy atom. The lowest BCUT2D eigenvalue weighted by Gasteiger charge is -2.53. The van der Waals surface area contributed by atoms with Crippen molar-refractivity contribution in [2.24, 2.45) is 11.3 Å². The first-order valence-electron chi connectivity index (χ1n) is 12.2. The highest BCUT2D eigenvalue weighted by Gasteiger charge is 2.48. The predicted molar refractivity (Wildman–Crippen MR) is 123 cm³/mol. The highest BCUT2D eigenvalue weighted by molar-refractivity contribution is 5.69. The minimum absolute atomic E-state index is 0.135. The molecule has 3 heterocycles. The van der Waals surface area contributed by atoms with Crippen molar-refractivity contribution < 1.29 is 23.4 Å². The first-order chi connectivity index (χ1) is 16.2. The van der Waals surface area contributed by atoms with Gasteiger partial charge in [-0.05, 0) is 91.6 Å². The summed E-state index contributed by atoms with van der Waals surface area (Å²) >= 11 is 0. The monoisotopic (exact) mass is 469 g/mol. The maximum Gasteiger partial charge on any atom is 0.165 e. The maximum absolute atomic E-state index is 15.4. The van der Waals surface area contributed by atoms with Gasteiger partial charge in [0.2, 0.25) is 0 Å². The van der Waals surface area contributed by atoms with E-state index in [2.05, 4.69) is 4.90 Å². The number of carbonyl (C=O) groups is 1. The molecule has 34 heavy (non-hydrogen) atoms. The lowest BCUT2D eigenvalue weighted by molar-refractivity contribution is -0.276. The fraction of sp³-hybridized carbons (Fsp3) is 0.519. The fourth-order valence-electron chi connectivity index (χ4n) is 6.42. The van der Waals surface area contributed by atoms with Crippen molar-refractivity contribution in [3.63, 3.8) is 0 Å². The van der Waals surface area contributed by atoms with Crippen LogP contribution in [0.5, 0.6) is 5.75 Å². The minimum atomic E-state index is -1.19. The van der Waals surface area contributed by atoms with Crippen LogP contribution in [0.15, 0.2) is 30.3 Å². The normalized spacial score (nSPS) is 26.9. The summed E-state index contributed by atoms with van der Waals surface area (Å²) < 4.78 is 35.2. The number of ether oxygens (including phenoxy) is 1. The van der Waals surface area contributed by atoms with E-state index in [4.69, 9.17) is 4.74 Å². The Morgan fingerprint density at radius 1 is 1.18 bits per heavy atom. The summed E-state index contributed by atoms with van der Waals surface area (Å²) in [6, 6.07) is 7.02. The van der Waals surface area contributed by atoms with E-state index in [0.29, 0.717) is 42.2 Å². The lowest BCUT2D eigenvalue weighted by Crippen LogP contribution is -2.62. The summed E-state index contributed by atoms with van der Waals surface area (Å²) in [7, 11) is 0. The topological polar surface area (TPSA) is 55.8 Å². The summed E-state index contributed by atoms with van der Waals surface area (Å²) in [5.74, 6) is -0.588. The molecule has 5 nitrogen and oxygen atoms in total. The SMILES string of the molecule is CCOc1ccc(-c2cc3c(cc2F)[C@H](N(C(=O)[O-])[C@@H]2CN4CCC2CC4)C(C)(C)C3)cc1F. The molecular formula is C27H31F2N2O3-. The van der Waals surface area contributed by atoms with E-state index in [9.17, 15) is 14.3 Å². The van der Waals surface area contributed by atoms with Crippen molar-refractivity contribution in [2.45, 2.75) is 52.1 Å². The number of fused-ring (bicyclic) bond motifs is 4. The molecule has 7 heteroatoms. The number of hydrogen-bond donors (Lipinski definition) is 0. The zero-order valence-electron chi connectivity index (χ0n) is 19.9. The standard InChI is InChI=1S/C27H32F2N2O3/c1-4-34-24-6-5-17(12-22(24)29)19-11-18-14-27(2,3)25(20(18)13-21(19)28)31(26(32)33)23-15-30-9-7-16(23)8-10-30/h5-6,11-13,16,23,25H,4,7-10,14-15H2,1-3H3,(H,32,33)/p-1/t23-,25+/m1/s1. The Hall–Kier alpha value is -2.67. The van der Waals surface area contributed by atoms with E-state index >= 15 is 4.39 Å². The summed E-state index contributed by atoms with van der Waals surface area (Å²) in [5.41, 5.74) is 1.90. The van der Waals surface area contributed by atoms with Gasteiger partial charge >= 0.3 is 0 Å². The Morgan fingerprint density at radius 2 is 1.91 bits per heavy atom. The number of hydrogen-bond acceptors (Lipinski definition) is 4. The Kier molecular flexibility index (Phi) is 5.79. The van der Waals surface area contributed by atoms with E-state index < -0.39 is 29.2 Å². The van der Waals surface area contributed by atoms with Crippen molar-refractivity contribution in [2.75, 3.05) is 26.2 Å². The summed E-state index contributed by atoms with van der Waals surface area (Å²) in [6.07, 6.45) is 1.36. The quantitative estimate of drug-likeness (QED) is 0.652. The third-order valence-electron chi connectivity index (χ3n) is 7.92. The molecule has 182 valence electrons. The van der Waals surface area contributed by atoms with Crippen LogP contribution in [-0.4, -0.2) is 48.2 Å². The molecule has 2 bridgehead atoms. The van der Waals surface area contributed by atoms with Gasteiger partial charge in [-0.15, -0.1) is 0 Å². The van der Waals surface area contributed by atoms with E-state index in [0.717, 1.165) is 31.5 Å². The third-order valence-corrected chi connectivity index (χ3v) is 7.92. The number of halogens is 2. The van der Waals surface area contributed by atoms with Crippen molar-refractivity contribution in [3.05, 3.63) is 53.1 Å². The molecule has 2 atom stereocenters. The van der Waals surface area contributed by atoms with Gasteiger partial charge in [0.1, 0.15) is 11.9 Å². The molecule has 6 rings (SSSR count). The van der Waals surface area contributed by atoms with E-state index in [1.54, 1.807) is 19.1 Å². The van der Waals surface area contributed by atoms with E-state index in [1.165, 1.54) is 23.1 Å². The zero-order chi connectivity index (χ0) is 24.2. The van der Waals surface area contributed by atoms with Crippen LogP contribution < -0.4 is 9.84 Å². The summed E-state index contributed by atoms with van der Waals surface area (Å²) in [5, 5.41) is 12.5. The highest BCUT2D eigenvalue weighted by Crippen LogP contribution is 2.52. The van der Waals surface area contributed by atoms with Crippen LogP contribution in [0.1, 0.15) is 50.8 Å². The van der Waals surface area contributed by atoms with Gasteiger partial charge in [0, 0.05) is 18.2 Å². The fourth-order valence-corrected chi connectivity index (χ4v) is 6.42. The molecule has 0 saturated carbocycles. The molecule has 0 radical (unpaired) electrons. The highest BCUT2D eigenvalue weighted by atomic mass is 19.1. The van der Waals surface area contributed by atoms with Crippen molar-refractivity contribution in [1.82, 2.24) is 9.80 Å². The van der Waals surface area contributed by atoms with Crippen LogP contribution >= 0.6 is 0 Å². The van der Waals surface area contributed by atoms with Gasteiger partial charge in [-0.1, -0.05) is 19.9 Å². The summed E-state index contributed by atoms with van der Waals surface area (Å²) in [4.78, 5) is 16.3. The molecule has 3 fully saturated rings. The van der Waals surface area contributed by atoms with Gasteiger partial charge in [-0.2, -0.15) is 0 Å². The molecule has 0 unspecified atom stereocenters. The molecular weight excluding hydrogens is 438 g/mol. The molecule has 3 aliphatic heterocycles. The smallest absolute Gasteiger partial charge is 0.165 e.